The quantitative estimate of drug-likeness (QED) is 0.662. The highest BCUT2D eigenvalue weighted by Crippen LogP contribution is 2.44. The summed E-state index contributed by atoms with van der Waals surface area (Å²) in [5.41, 5.74) is 5.07. The summed E-state index contributed by atoms with van der Waals surface area (Å²) in [6, 6.07) is 5.01. The monoisotopic (exact) mass is 293 g/mol. The van der Waals surface area contributed by atoms with Gasteiger partial charge in [0.05, 0.1) is 6.04 Å². The summed E-state index contributed by atoms with van der Waals surface area (Å²) in [6.45, 7) is 4.27. The van der Waals surface area contributed by atoms with E-state index in [9.17, 15) is 4.39 Å². The topological polar surface area (TPSA) is 41.3 Å². The third kappa shape index (κ3) is 3.12. The van der Waals surface area contributed by atoms with Gasteiger partial charge in [-0.2, -0.15) is 0 Å². The van der Waals surface area contributed by atoms with E-state index in [0.717, 1.165) is 29.9 Å². The summed E-state index contributed by atoms with van der Waals surface area (Å²) >= 11 is 0. The van der Waals surface area contributed by atoms with Gasteiger partial charge in [-0.1, -0.05) is 13.0 Å². The maximum atomic E-state index is 13.4. The summed E-state index contributed by atoms with van der Waals surface area (Å²) in [5, 5.41) is 0. The van der Waals surface area contributed by atoms with E-state index in [0.29, 0.717) is 0 Å². The van der Waals surface area contributed by atoms with Crippen LogP contribution in [0.4, 0.5) is 4.39 Å². The Labute approximate surface area is 127 Å². The second-order valence-corrected chi connectivity index (χ2v) is 6.78. The zero-order valence-corrected chi connectivity index (χ0v) is 13.6. The van der Waals surface area contributed by atoms with E-state index in [1.165, 1.54) is 18.9 Å². The molecule has 1 atom stereocenters. The molecule has 118 valence electrons. The smallest absolute Gasteiger partial charge is 0.123 e. The van der Waals surface area contributed by atoms with Gasteiger partial charge in [-0.25, -0.2) is 4.39 Å². The first-order valence-electron chi connectivity index (χ1n) is 7.80. The van der Waals surface area contributed by atoms with Crippen LogP contribution >= 0.6 is 0 Å². The van der Waals surface area contributed by atoms with E-state index in [1.54, 1.807) is 6.07 Å². The first-order valence-corrected chi connectivity index (χ1v) is 7.80. The maximum Gasteiger partial charge on any atom is 0.123 e. The lowest BCUT2D eigenvalue weighted by Gasteiger charge is -2.50. The molecule has 1 saturated carbocycles. The Morgan fingerprint density at radius 2 is 1.95 bits per heavy atom. The number of likely N-dealkylation sites (N-methyl/N-ethyl adjacent to an activating group) is 1. The van der Waals surface area contributed by atoms with E-state index < -0.39 is 0 Å². The van der Waals surface area contributed by atoms with Crippen LogP contribution in [-0.4, -0.2) is 24.5 Å². The average molecular weight is 293 g/mol. The molecular formula is C17H28FN3. The molecule has 0 saturated heterocycles. The molecule has 1 aromatic rings. The molecule has 3 nitrogen and oxygen atoms in total. The van der Waals surface area contributed by atoms with Crippen molar-refractivity contribution in [3.05, 3.63) is 35.1 Å². The van der Waals surface area contributed by atoms with Crippen molar-refractivity contribution in [2.45, 2.75) is 51.1 Å². The van der Waals surface area contributed by atoms with Crippen LogP contribution in [0.25, 0.3) is 0 Å². The second-order valence-electron chi connectivity index (χ2n) is 6.78. The molecular weight excluding hydrogens is 265 g/mol. The third-order valence-electron chi connectivity index (χ3n) is 5.28. The Bertz CT molecular complexity index is 479. The number of hydrazine groups is 1. The van der Waals surface area contributed by atoms with Crippen LogP contribution in [0.2, 0.25) is 0 Å². The molecule has 4 heteroatoms. The van der Waals surface area contributed by atoms with Crippen LogP contribution in [0.1, 0.15) is 49.8 Å². The van der Waals surface area contributed by atoms with Crippen LogP contribution in [0.3, 0.4) is 0 Å². The van der Waals surface area contributed by atoms with E-state index in [2.05, 4.69) is 31.3 Å². The minimum Gasteiger partial charge on any atom is -0.302 e. The normalized spacial score (nSPS) is 27.9. The number of rotatable bonds is 4. The average Bonchev–Trinajstić information content (AvgIpc) is 2.43. The van der Waals surface area contributed by atoms with Crippen LogP contribution in [0, 0.1) is 18.7 Å². The summed E-state index contributed by atoms with van der Waals surface area (Å²) < 4.78 is 13.4. The van der Waals surface area contributed by atoms with Crippen molar-refractivity contribution in [3.8, 4) is 0 Å². The fourth-order valence-corrected chi connectivity index (χ4v) is 3.75. The van der Waals surface area contributed by atoms with Crippen molar-refractivity contribution in [2.75, 3.05) is 14.1 Å². The second kappa shape index (κ2) is 6.42. The lowest BCUT2D eigenvalue weighted by Crippen LogP contribution is -2.57. The molecule has 3 N–H and O–H groups in total. The van der Waals surface area contributed by atoms with Gasteiger partial charge in [0.2, 0.25) is 0 Å². The molecule has 21 heavy (non-hydrogen) atoms. The van der Waals surface area contributed by atoms with E-state index in [-0.39, 0.29) is 17.4 Å². The van der Waals surface area contributed by atoms with Crippen molar-refractivity contribution in [2.24, 2.45) is 11.8 Å². The van der Waals surface area contributed by atoms with E-state index >= 15 is 0 Å². The van der Waals surface area contributed by atoms with Crippen LogP contribution in [0.5, 0.6) is 0 Å². The Morgan fingerprint density at radius 3 is 2.43 bits per heavy atom. The summed E-state index contributed by atoms with van der Waals surface area (Å²) in [7, 11) is 4.25. The van der Waals surface area contributed by atoms with Crippen LogP contribution in [0.15, 0.2) is 18.2 Å². The Balaban J connectivity index is 2.41. The number of nitrogens with two attached hydrogens (primary N) is 1. The van der Waals surface area contributed by atoms with Gasteiger partial charge in [0, 0.05) is 5.54 Å². The number of hydrogen-bond donors (Lipinski definition) is 2. The Morgan fingerprint density at radius 1 is 1.33 bits per heavy atom. The number of nitrogens with zero attached hydrogens (tertiary/aromatic N) is 1. The maximum absolute atomic E-state index is 13.4. The van der Waals surface area contributed by atoms with Gasteiger partial charge < -0.3 is 4.90 Å². The van der Waals surface area contributed by atoms with Gasteiger partial charge >= 0.3 is 0 Å². The Kier molecular flexibility index (Phi) is 5.02. The number of aryl methyl sites for hydroxylation is 1. The number of halogens is 1. The standard InChI is InChI=1S/C17H28FN3/c1-12-7-9-17(10-8-12,21(3)4)16(20-19)15-6-5-14(18)11-13(15)2/h5-6,11-12,16,20H,7-10,19H2,1-4H3. The van der Waals surface area contributed by atoms with Gasteiger partial charge in [0.25, 0.3) is 0 Å². The molecule has 1 unspecified atom stereocenters. The minimum atomic E-state index is -0.191. The van der Waals surface area contributed by atoms with Crippen LogP contribution < -0.4 is 11.3 Å². The van der Waals surface area contributed by atoms with Crippen molar-refractivity contribution in [1.82, 2.24) is 10.3 Å². The Hall–Kier alpha value is -0.970. The van der Waals surface area contributed by atoms with E-state index in [1.807, 2.05) is 13.0 Å². The van der Waals surface area contributed by atoms with Gasteiger partial charge in [-0.15, -0.1) is 0 Å². The first kappa shape index (κ1) is 16.4. The SMILES string of the molecule is Cc1cc(F)ccc1C(NN)C1(N(C)C)CCC(C)CC1. The first-order chi connectivity index (χ1) is 9.90. The summed E-state index contributed by atoms with van der Waals surface area (Å²) in [4.78, 5) is 2.30. The largest absolute Gasteiger partial charge is 0.302 e. The third-order valence-corrected chi connectivity index (χ3v) is 5.28. The predicted molar refractivity (Wildman–Crippen MR) is 85.3 cm³/mol. The molecule has 2 rings (SSSR count). The number of hydrogen-bond acceptors (Lipinski definition) is 3. The van der Waals surface area contributed by atoms with Crippen molar-refractivity contribution in [1.29, 1.82) is 0 Å². The highest BCUT2D eigenvalue weighted by molar-refractivity contribution is 5.32. The summed E-state index contributed by atoms with van der Waals surface area (Å²) in [6.07, 6.45) is 4.62. The number of benzene rings is 1. The zero-order valence-electron chi connectivity index (χ0n) is 13.6. The van der Waals surface area contributed by atoms with Crippen molar-refractivity contribution in [3.63, 3.8) is 0 Å². The molecule has 0 radical (unpaired) electrons. The highest BCUT2D eigenvalue weighted by Gasteiger charge is 2.43. The molecule has 0 amide bonds. The lowest BCUT2D eigenvalue weighted by molar-refractivity contribution is 0.0426. The van der Waals surface area contributed by atoms with Crippen LogP contribution in [-0.2, 0) is 0 Å². The van der Waals surface area contributed by atoms with Gasteiger partial charge in [0.15, 0.2) is 0 Å². The van der Waals surface area contributed by atoms with Crippen molar-refractivity contribution < 1.29 is 4.39 Å². The molecule has 0 heterocycles. The summed E-state index contributed by atoms with van der Waals surface area (Å²) in [5.74, 6) is 6.51. The molecule has 0 aliphatic heterocycles. The molecule has 1 aliphatic rings. The lowest BCUT2D eigenvalue weighted by atomic mass is 9.70. The molecule has 0 spiro atoms. The van der Waals surface area contributed by atoms with Crippen molar-refractivity contribution >= 4 is 0 Å². The highest BCUT2D eigenvalue weighted by atomic mass is 19.1. The minimum absolute atomic E-state index is 0.0101. The van der Waals surface area contributed by atoms with Gasteiger partial charge in [0.1, 0.15) is 5.82 Å². The zero-order chi connectivity index (χ0) is 15.6. The fourth-order valence-electron chi connectivity index (χ4n) is 3.75. The molecule has 1 aliphatic carbocycles. The molecule has 1 aromatic carbocycles. The van der Waals surface area contributed by atoms with Gasteiger partial charge in [-0.05, 0) is 75.9 Å². The van der Waals surface area contributed by atoms with Gasteiger partial charge in [-0.3, -0.25) is 11.3 Å². The molecule has 0 bridgehead atoms. The predicted octanol–water partition coefficient (Wildman–Crippen LogP) is 3.15. The number of nitrogens with one attached hydrogen (secondary N) is 1. The van der Waals surface area contributed by atoms with E-state index in [4.69, 9.17) is 5.84 Å². The molecule has 0 aromatic heterocycles. The fraction of sp³-hybridized carbons (Fsp3) is 0.647. The molecule has 1 fully saturated rings.